The van der Waals surface area contributed by atoms with Gasteiger partial charge in [0.1, 0.15) is 18.3 Å². The minimum Gasteiger partial charge on any atom is -0.492 e. The molecule has 180 valence electrons. The molecular weight excluding hydrogens is 510 g/mol. The molecule has 1 N–H and O–H groups in total. The Morgan fingerprint density at radius 1 is 1.09 bits per heavy atom. The van der Waals surface area contributed by atoms with E-state index in [9.17, 15) is 18.0 Å². The van der Waals surface area contributed by atoms with E-state index in [0.717, 1.165) is 20.6 Å². The van der Waals surface area contributed by atoms with Gasteiger partial charge in [0.15, 0.2) is 0 Å². The van der Waals surface area contributed by atoms with Gasteiger partial charge in [0, 0.05) is 17.6 Å². The number of carbonyl (C=O) groups is 2. The van der Waals surface area contributed by atoms with E-state index in [2.05, 4.69) is 21.2 Å². The van der Waals surface area contributed by atoms with E-state index in [1.165, 1.54) is 4.90 Å². The van der Waals surface area contributed by atoms with Crippen LogP contribution in [0.2, 0.25) is 0 Å². The molecule has 0 aliphatic carbocycles. The first-order chi connectivity index (χ1) is 15.6. The zero-order chi connectivity index (χ0) is 24.6. The van der Waals surface area contributed by atoms with Crippen molar-refractivity contribution in [3.05, 3.63) is 58.6 Å². The molecule has 1 atom stereocenters. The van der Waals surface area contributed by atoms with Gasteiger partial charge in [0.2, 0.25) is 21.8 Å². The monoisotopic (exact) mass is 539 g/mol. The molecule has 33 heavy (non-hydrogen) atoms. The van der Waals surface area contributed by atoms with E-state index in [1.807, 2.05) is 24.3 Å². The van der Waals surface area contributed by atoms with Crippen LogP contribution in [0.3, 0.4) is 0 Å². The number of benzene rings is 2. The predicted octanol–water partition coefficient (Wildman–Crippen LogP) is 3.17. The maximum Gasteiger partial charge on any atom is 0.244 e. The summed E-state index contributed by atoms with van der Waals surface area (Å²) < 4.78 is 32.8. The number of hydrogen-bond donors (Lipinski definition) is 1. The molecule has 0 saturated carbocycles. The fourth-order valence-corrected chi connectivity index (χ4v) is 4.34. The molecular formula is C23H30BrN3O5S. The lowest BCUT2D eigenvalue weighted by molar-refractivity contribution is -0.139. The third kappa shape index (κ3) is 7.46. The molecule has 0 aromatic heterocycles. The first kappa shape index (κ1) is 26.7. The second kappa shape index (κ2) is 12.0. The summed E-state index contributed by atoms with van der Waals surface area (Å²) in [5, 5.41) is 2.72. The van der Waals surface area contributed by atoms with E-state index in [1.54, 1.807) is 45.0 Å². The van der Waals surface area contributed by atoms with Gasteiger partial charge in [-0.1, -0.05) is 40.2 Å². The van der Waals surface area contributed by atoms with Gasteiger partial charge < -0.3 is 15.0 Å². The molecule has 2 rings (SSSR count). The van der Waals surface area contributed by atoms with Crippen molar-refractivity contribution in [1.82, 2.24) is 10.2 Å². The number of anilines is 1. The van der Waals surface area contributed by atoms with Crippen LogP contribution < -0.4 is 14.4 Å². The van der Waals surface area contributed by atoms with Crippen molar-refractivity contribution in [1.29, 1.82) is 0 Å². The van der Waals surface area contributed by atoms with E-state index < -0.39 is 28.5 Å². The van der Waals surface area contributed by atoms with Crippen LogP contribution in [0, 0.1) is 0 Å². The van der Waals surface area contributed by atoms with Crippen molar-refractivity contribution >= 4 is 43.5 Å². The lowest BCUT2D eigenvalue weighted by Crippen LogP contribution is -2.51. The highest BCUT2D eigenvalue weighted by molar-refractivity contribution is 9.10. The van der Waals surface area contributed by atoms with Gasteiger partial charge in [-0.3, -0.25) is 13.9 Å². The lowest BCUT2D eigenvalue weighted by Gasteiger charge is -2.31. The van der Waals surface area contributed by atoms with Gasteiger partial charge in [0.25, 0.3) is 0 Å². The van der Waals surface area contributed by atoms with Crippen molar-refractivity contribution in [3.63, 3.8) is 0 Å². The summed E-state index contributed by atoms with van der Waals surface area (Å²) in [5.41, 5.74) is 1.08. The van der Waals surface area contributed by atoms with Crippen LogP contribution in [0.4, 0.5) is 5.69 Å². The largest absolute Gasteiger partial charge is 0.492 e. The minimum absolute atomic E-state index is 0.148. The molecule has 8 nitrogen and oxygen atoms in total. The van der Waals surface area contributed by atoms with E-state index in [4.69, 9.17) is 4.74 Å². The van der Waals surface area contributed by atoms with Crippen molar-refractivity contribution in [2.24, 2.45) is 0 Å². The molecule has 10 heteroatoms. The molecule has 0 fully saturated rings. The summed E-state index contributed by atoms with van der Waals surface area (Å²) in [6.07, 6.45) is 1.04. The normalized spacial score (nSPS) is 12.0. The minimum atomic E-state index is -3.82. The van der Waals surface area contributed by atoms with E-state index >= 15 is 0 Å². The number of halogens is 1. The van der Waals surface area contributed by atoms with Gasteiger partial charge >= 0.3 is 0 Å². The number of likely N-dealkylation sites (N-methyl/N-ethyl adjacent to an activating group) is 1. The zero-order valence-corrected chi connectivity index (χ0v) is 21.6. The van der Waals surface area contributed by atoms with Gasteiger partial charge in [-0.2, -0.15) is 0 Å². The molecule has 0 radical (unpaired) electrons. The maximum atomic E-state index is 13.5. The molecule has 2 amide bonds. The van der Waals surface area contributed by atoms with Crippen LogP contribution in [0.15, 0.2) is 53.0 Å². The second-order valence-corrected chi connectivity index (χ2v) is 10.2. The third-order valence-corrected chi connectivity index (χ3v) is 6.55. The summed E-state index contributed by atoms with van der Waals surface area (Å²) in [6.45, 7) is 5.65. The van der Waals surface area contributed by atoms with Crippen molar-refractivity contribution < 1.29 is 22.7 Å². The Bertz CT molecular complexity index is 1060. The Morgan fingerprint density at radius 3 is 2.30 bits per heavy atom. The Labute approximate surface area is 204 Å². The number of ether oxygens (including phenoxy) is 1. The fourth-order valence-electron chi connectivity index (χ4n) is 3.23. The smallest absolute Gasteiger partial charge is 0.244 e. The highest BCUT2D eigenvalue weighted by Crippen LogP contribution is 2.30. The Morgan fingerprint density at radius 2 is 1.73 bits per heavy atom. The molecule has 2 aromatic carbocycles. The third-order valence-electron chi connectivity index (χ3n) is 4.90. The molecule has 0 aliphatic rings. The van der Waals surface area contributed by atoms with Crippen molar-refractivity contribution in [2.45, 2.75) is 33.4 Å². The fraction of sp³-hybridized carbons (Fsp3) is 0.391. The number of sulfonamides is 1. The lowest BCUT2D eigenvalue weighted by atomic mass is 10.1. The molecule has 2 aromatic rings. The number of nitrogens with zero attached hydrogens (tertiary/aromatic N) is 2. The molecule has 0 spiro atoms. The number of amides is 2. The van der Waals surface area contributed by atoms with Gasteiger partial charge in [-0.15, -0.1) is 0 Å². The molecule has 0 saturated heterocycles. The van der Waals surface area contributed by atoms with Crippen LogP contribution in [-0.2, 0) is 26.2 Å². The number of hydrogen-bond acceptors (Lipinski definition) is 5. The quantitative estimate of drug-likeness (QED) is 0.473. The Kier molecular flexibility index (Phi) is 9.72. The number of rotatable bonds is 11. The second-order valence-electron chi connectivity index (χ2n) is 7.39. The Balaban J connectivity index is 2.41. The summed E-state index contributed by atoms with van der Waals surface area (Å²) in [7, 11) is -3.82. The van der Waals surface area contributed by atoms with Crippen LogP contribution in [0.1, 0.15) is 26.3 Å². The summed E-state index contributed by atoms with van der Waals surface area (Å²) >= 11 is 3.38. The Hall–Kier alpha value is -2.59. The van der Waals surface area contributed by atoms with Gasteiger partial charge in [0.05, 0.1) is 18.6 Å². The predicted molar refractivity (Wildman–Crippen MR) is 133 cm³/mol. The topological polar surface area (TPSA) is 96.0 Å². The summed E-state index contributed by atoms with van der Waals surface area (Å²) in [5.74, 6) is -0.466. The number of nitrogens with one attached hydrogen (secondary N) is 1. The van der Waals surface area contributed by atoms with E-state index in [-0.39, 0.29) is 18.1 Å². The van der Waals surface area contributed by atoms with Crippen molar-refractivity contribution in [2.75, 3.05) is 30.3 Å². The van der Waals surface area contributed by atoms with Crippen LogP contribution >= 0.6 is 15.9 Å². The average molecular weight is 540 g/mol. The summed E-state index contributed by atoms with van der Waals surface area (Å²) in [4.78, 5) is 27.4. The number of carbonyl (C=O) groups excluding carboxylic acids is 2. The highest BCUT2D eigenvalue weighted by Gasteiger charge is 2.30. The molecule has 0 unspecified atom stereocenters. The molecule has 0 aliphatic heterocycles. The van der Waals surface area contributed by atoms with Gasteiger partial charge in [-0.25, -0.2) is 8.42 Å². The molecule has 0 heterocycles. The van der Waals surface area contributed by atoms with Crippen molar-refractivity contribution in [3.8, 4) is 5.75 Å². The van der Waals surface area contributed by atoms with Crippen LogP contribution in [-0.4, -0.2) is 57.1 Å². The average Bonchev–Trinajstić information content (AvgIpc) is 2.76. The number of para-hydroxylation sites is 2. The van der Waals surface area contributed by atoms with Gasteiger partial charge in [-0.05, 0) is 50.6 Å². The highest BCUT2D eigenvalue weighted by atomic mass is 79.9. The first-order valence-electron chi connectivity index (χ1n) is 10.6. The molecule has 0 bridgehead atoms. The standard InChI is InChI=1S/C23H30BrN3O5S/c1-5-25-23(29)17(3)26(15-18-11-13-19(24)14-12-18)22(28)16-27(33(4,30)31)20-9-7-8-10-21(20)32-6-2/h7-14,17H,5-6,15-16H2,1-4H3,(H,25,29)/t17-/m1/s1. The van der Waals surface area contributed by atoms with Crippen LogP contribution in [0.25, 0.3) is 0 Å². The maximum absolute atomic E-state index is 13.5. The SMILES string of the molecule is CCNC(=O)[C@@H](C)N(Cc1ccc(Br)cc1)C(=O)CN(c1ccccc1OCC)S(C)(=O)=O. The van der Waals surface area contributed by atoms with E-state index in [0.29, 0.717) is 18.9 Å². The van der Waals surface area contributed by atoms with Crippen LogP contribution in [0.5, 0.6) is 5.75 Å². The zero-order valence-electron chi connectivity index (χ0n) is 19.2. The first-order valence-corrected chi connectivity index (χ1v) is 13.2. The summed E-state index contributed by atoms with van der Waals surface area (Å²) in [6, 6.07) is 13.2.